The number of ether oxygens (including phenoxy) is 2. The predicted octanol–water partition coefficient (Wildman–Crippen LogP) is 2.31. The standard InChI is InChI=1S/C15H29N3O2/c1-6-19-15(20-7-2)9-8-10-16-11-14-12(3)17-18(5)13(14)4/h15-16H,6-11H2,1-5H3. The van der Waals surface area contributed by atoms with Gasteiger partial charge in [-0.2, -0.15) is 5.10 Å². The van der Waals surface area contributed by atoms with Crippen LogP contribution in [0.2, 0.25) is 0 Å². The van der Waals surface area contributed by atoms with Gasteiger partial charge < -0.3 is 14.8 Å². The van der Waals surface area contributed by atoms with Crippen LogP contribution in [0, 0.1) is 13.8 Å². The molecule has 0 bridgehead atoms. The van der Waals surface area contributed by atoms with Gasteiger partial charge in [0.25, 0.3) is 0 Å². The Kier molecular flexibility index (Phi) is 7.80. The number of hydrogen-bond acceptors (Lipinski definition) is 4. The molecule has 0 aliphatic rings. The van der Waals surface area contributed by atoms with Crippen LogP contribution in [0.25, 0.3) is 0 Å². The first-order valence-electron chi connectivity index (χ1n) is 7.53. The molecule has 116 valence electrons. The molecule has 0 amide bonds. The number of aryl methyl sites for hydroxylation is 2. The summed E-state index contributed by atoms with van der Waals surface area (Å²) in [5.41, 5.74) is 3.65. The van der Waals surface area contributed by atoms with Gasteiger partial charge in [-0.1, -0.05) is 0 Å². The van der Waals surface area contributed by atoms with E-state index in [9.17, 15) is 0 Å². The van der Waals surface area contributed by atoms with Crippen LogP contribution in [-0.4, -0.2) is 35.8 Å². The highest BCUT2D eigenvalue weighted by atomic mass is 16.7. The molecule has 1 N–H and O–H groups in total. The minimum Gasteiger partial charge on any atom is -0.353 e. The molecular formula is C15H29N3O2. The van der Waals surface area contributed by atoms with E-state index in [4.69, 9.17) is 9.47 Å². The smallest absolute Gasteiger partial charge is 0.157 e. The molecule has 0 saturated heterocycles. The van der Waals surface area contributed by atoms with Gasteiger partial charge in [0.15, 0.2) is 6.29 Å². The fraction of sp³-hybridized carbons (Fsp3) is 0.800. The summed E-state index contributed by atoms with van der Waals surface area (Å²) >= 11 is 0. The molecule has 20 heavy (non-hydrogen) atoms. The molecule has 1 aromatic heterocycles. The molecule has 0 aromatic carbocycles. The third-order valence-corrected chi connectivity index (χ3v) is 3.46. The van der Waals surface area contributed by atoms with Crippen molar-refractivity contribution in [3.05, 3.63) is 17.0 Å². The van der Waals surface area contributed by atoms with Crippen LogP contribution in [0.1, 0.15) is 43.6 Å². The Morgan fingerprint density at radius 2 is 1.85 bits per heavy atom. The molecule has 1 aromatic rings. The number of nitrogens with zero attached hydrogens (tertiary/aromatic N) is 2. The summed E-state index contributed by atoms with van der Waals surface area (Å²) in [6.45, 7) is 11.4. The topological polar surface area (TPSA) is 48.3 Å². The molecule has 5 heteroatoms. The molecule has 1 heterocycles. The summed E-state index contributed by atoms with van der Waals surface area (Å²) in [4.78, 5) is 0. The Hall–Kier alpha value is -0.910. The predicted molar refractivity (Wildman–Crippen MR) is 80.7 cm³/mol. The quantitative estimate of drug-likeness (QED) is 0.529. The van der Waals surface area contributed by atoms with Crippen molar-refractivity contribution in [1.82, 2.24) is 15.1 Å². The van der Waals surface area contributed by atoms with Crippen molar-refractivity contribution in [3.8, 4) is 0 Å². The van der Waals surface area contributed by atoms with E-state index in [1.54, 1.807) is 0 Å². The van der Waals surface area contributed by atoms with Crippen LogP contribution in [0.3, 0.4) is 0 Å². The van der Waals surface area contributed by atoms with E-state index in [0.29, 0.717) is 13.2 Å². The van der Waals surface area contributed by atoms with Crippen molar-refractivity contribution in [2.24, 2.45) is 7.05 Å². The first-order chi connectivity index (χ1) is 9.60. The van der Waals surface area contributed by atoms with Gasteiger partial charge in [-0.3, -0.25) is 4.68 Å². The second-order valence-corrected chi connectivity index (χ2v) is 4.93. The molecular weight excluding hydrogens is 254 g/mol. The van der Waals surface area contributed by atoms with E-state index in [2.05, 4.69) is 24.3 Å². The molecule has 0 aliphatic heterocycles. The molecule has 0 fully saturated rings. The van der Waals surface area contributed by atoms with Crippen molar-refractivity contribution in [1.29, 1.82) is 0 Å². The van der Waals surface area contributed by atoms with Gasteiger partial charge in [0.2, 0.25) is 0 Å². The fourth-order valence-electron chi connectivity index (χ4n) is 2.27. The van der Waals surface area contributed by atoms with Crippen LogP contribution < -0.4 is 5.32 Å². The monoisotopic (exact) mass is 283 g/mol. The Labute approximate surface area is 122 Å². The van der Waals surface area contributed by atoms with E-state index in [1.165, 1.54) is 11.3 Å². The lowest BCUT2D eigenvalue weighted by molar-refractivity contribution is -0.139. The Morgan fingerprint density at radius 3 is 2.35 bits per heavy atom. The van der Waals surface area contributed by atoms with E-state index in [0.717, 1.165) is 31.6 Å². The van der Waals surface area contributed by atoms with E-state index in [1.807, 2.05) is 25.6 Å². The summed E-state index contributed by atoms with van der Waals surface area (Å²) < 4.78 is 13.0. The molecule has 0 spiro atoms. The van der Waals surface area contributed by atoms with Crippen molar-refractivity contribution in [2.75, 3.05) is 19.8 Å². The average molecular weight is 283 g/mol. The SMILES string of the molecule is CCOC(CCCNCc1c(C)nn(C)c1C)OCC. The minimum atomic E-state index is -0.0614. The second-order valence-electron chi connectivity index (χ2n) is 4.93. The minimum absolute atomic E-state index is 0.0614. The summed E-state index contributed by atoms with van der Waals surface area (Å²) in [7, 11) is 1.99. The summed E-state index contributed by atoms with van der Waals surface area (Å²) in [6.07, 6.45) is 1.91. The fourth-order valence-corrected chi connectivity index (χ4v) is 2.27. The van der Waals surface area contributed by atoms with Gasteiger partial charge in [-0.05, 0) is 47.1 Å². The van der Waals surface area contributed by atoms with Crippen LogP contribution >= 0.6 is 0 Å². The molecule has 0 saturated carbocycles. The zero-order valence-corrected chi connectivity index (χ0v) is 13.5. The second kappa shape index (κ2) is 9.10. The van der Waals surface area contributed by atoms with Gasteiger partial charge in [0, 0.05) is 38.1 Å². The lowest BCUT2D eigenvalue weighted by Crippen LogP contribution is -2.21. The third-order valence-electron chi connectivity index (χ3n) is 3.46. The van der Waals surface area contributed by atoms with Crippen LogP contribution in [-0.2, 0) is 23.1 Å². The van der Waals surface area contributed by atoms with Crippen LogP contribution in [0.4, 0.5) is 0 Å². The van der Waals surface area contributed by atoms with Gasteiger partial charge in [0.05, 0.1) is 5.69 Å². The number of aromatic nitrogens is 2. The first-order valence-corrected chi connectivity index (χ1v) is 7.53. The zero-order valence-electron chi connectivity index (χ0n) is 13.5. The lowest BCUT2D eigenvalue weighted by atomic mass is 10.2. The Morgan fingerprint density at radius 1 is 1.20 bits per heavy atom. The zero-order chi connectivity index (χ0) is 15.0. The maximum absolute atomic E-state index is 5.53. The van der Waals surface area contributed by atoms with Gasteiger partial charge in [-0.25, -0.2) is 0 Å². The average Bonchev–Trinajstić information content (AvgIpc) is 2.64. The van der Waals surface area contributed by atoms with E-state index < -0.39 is 0 Å². The summed E-state index contributed by atoms with van der Waals surface area (Å²) in [5, 5.41) is 7.89. The number of hydrogen-bond donors (Lipinski definition) is 1. The van der Waals surface area contributed by atoms with Crippen molar-refractivity contribution < 1.29 is 9.47 Å². The summed E-state index contributed by atoms with van der Waals surface area (Å²) in [5.74, 6) is 0. The normalized spacial score (nSPS) is 11.5. The highest BCUT2D eigenvalue weighted by Gasteiger charge is 2.09. The largest absolute Gasteiger partial charge is 0.353 e. The molecule has 1 rings (SSSR count). The Bertz CT molecular complexity index is 385. The first kappa shape index (κ1) is 17.1. The maximum atomic E-state index is 5.53. The molecule has 0 unspecified atom stereocenters. The molecule has 5 nitrogen and oxygen atoms in total. The number of nitrogens with one attached hydrogen (secondary N) is 1. The highest BCUT2D eigenvalue weighted by molar-refractivity contribution is 5.23. The van der Waals surface area contributed by atoms with Crippen molar-refractivity contribution in [3.63, 3.8) is 0 Å². The van der Waals surface area contributed by atoms with Crippen molar-refractivity contribution in [2.45, 2.75) is 53.4 Å². The van der Waals surface area contributed by atoms with E-state index >= 15 is 0 Å². The lowest BCUT2D eigenvalue weighted by Gasteiger charge is -2.16. The van der Waals surface area contributed by atoms with Crippen LogP contribution in [0.15, 0.2) is 0 Å². The van der Waals surface area contributed by atoms with Crippen LogP contribution in [0.5, 0.6) is 0 Å². The van der Waals surface area contributed by atoms with Gasteiger partial charge in [-0.15, -0.1) is 0 Å². The van der Waals surface area contributed by atoms with Crippen molar-refractivity contribution >= 4 is 0 Å². The van der Waals surface area contributed by atoms with E-state index in [-0.39, 0.29) is 6.29 Å². The molecule has 0 atom stereocenters. The Balaban J connectivity index is 2.24. The third kappa shape index (κ3) is 5.23. The molecule has 0 aliphatic carbocycles. The number of rotatable bonds is 10. The summed E-state index contributed by atoms with van der Waals surface area (Å²) in [6, 6.07) is 0. The van der Waals surface area contributed by atoms with Gasteiger partial charge >= 0.3 is 0 Å². The molecule has 0 radical (unpaired) electrons. The maximum Gasteiger partial charge on any atom is 0.157 e. The highest BCUT2D eigenvalue weighted by Crippen LogP contribution is 2.11. The van der Waals surface area contributed by atoms with Gasteiger partial charge in [0.1, 0.15) is 0 Å².